The third-order valence-electron chi connectivity index (χ3n) is 1.19. The van der Waals surface area contributed by atoms with Gasteiger partial charge < -0.3 is 0 Å². The first kappa shape index (κ1) is 9.93. The Hall–Kier alpha value is -1.07. The maximum Gasteiger partial charge on any atom is 0.0531 e. The van der Waals surface area contributed by atoms with Gasteiger partial charge in [0.05, 0.1) is 5.70 Å². The molecule has 0 heterocycles. The lowest BCUT2D eigenvalue weighted by Crippen LogP contribution is -1.90. The first-order valence-electron chi connectivity index (χ1n) is 3.68. The minimum absolute atomic E-state index is 0.404. The van der Waals surface area contributed by atoms with Gasteiger partial charge in [0.2, 0.25) is 0 Å². The average Bonchev–Trinajstić information content (AvgIpc) is 1.86. The summed E-state index contributed by atoms with van der Waals surface area (Å²) in [6, 6.07) is 0. The van der Waals surface area contributed by atoms with Gasteiger partial charge in [-0.2, -0.15) is 0 Å². The molecule has 11 heavy (non-hydrogen) atoms. The Balaban J connectivity index is 4.59. The predicted molar refractivity (Wildman–Crippen MR) is 50.8 cm³/mol. The van der Waals surface area contributed by atoms with Crippen LogP contribution < -0.4 is 0 Å². The zero-order valence-corrected chi connectivity index (χ0v) is 7.52. The summed E-state index contributed by atoms with van der Waals surface area (Å²) in [5, 5.41) is 0. The first-order valence-corrected chi connectivity index (χ1v) is 3.68. The van der Waals surface area contributed by atoms with E-state index in [4.69, 9.17) is 0 Å². The van der Waals surface area contributed by atoms with Crippen LogP contribution in [0.25, 0.3) is 0 Å². The fourth-order valence-corrected chi connectivity index (χ4v) is 0.672. The molecule has 0 N–H and O–H groups in total. The summed E-state index contributed by atoms with van der Waals surface area (Å²) in [4.78, 5) is 4.00. The molecule has 0 radical (unpaired) electrons. The van der Waals surface area contributed by atoms with Crippen molar-refractivity contribution in [2.75, 3.05) is 0 Å². The van der Waals surface area contributed by atoms with Gasteiger partial charge in [-0.1, -0.05) is 26.0 Å². The number of hydrogen-bond acceptors (Lipinski definition) is 1. The van der Waals surface area contributed by atoms with Gasteiger partial charge in [0.25, 0.3) is 0 Å². The minimum Gasteiger partial charge on any atom is -0.211 e. The monoisotopic (exact) mass is 149 g/mol. The van der Waals surface area contributed by atoms with Crippen LogP contribution in [0, 0.1) is 5.92 Å². The second kappa shape index (κ2) is 4.70. The number of nitrogens with zero attached hydrogens (tertiary/aromatic N) is 1. The van der Waals surface area contributed by atoms with Crippen molar-refractivity contribution >= 4 is 5.87 Å². The van der Waals surface area contributed by atoms with E-state index in [-0.39, 0.29) is 0 Å². The van der Waals surface area contributed by atoms with Gasteiger partial charge in [-0.15, -0.1) is 0 Å². The van der Waals surface area contributed by atoms with Gasteiger partial charge in [0, 0.05) is 0 Å². The van der Waals surface area contributed by atoms with Crippen molar-refractivity contribution in [2.24, 2.45) is 10.9 Å². The van der Waals surface area contributed by atoms with Crippen LogP contribution in [0.4, 0.5) is 0 Å². The Morgan fingerprint density at radius 3 is 2.36 bits per heavy atom. The van der Waals surface area contributed by atoms with E-state index in [1.807, 2.05) is 13.0 Å². The fourth-order valence-electron chi connectivity index (χ4n) is 0.672. The second-order valence-corrected chi connectivity index (χ2v) is 2.84. The highest BCUT2D eigenvalue weighted by Gasteiger charge is 1.98. The molecule has 0 spiro atoms. The molecule has 0 saturated heterocycles. The van der Waals surface area contributed by atoms with Crippen LogP contribution in [0.2, 0.25) is 0 Å². The van der Waals surface area contributed by atoms with Gasteiger partial charge >= 0.3 is 0 Å². The molecule has 0 aromatic heterocycles. The molecule has 0 fully saturated rings. The van der Waals surface area contributed by atoms with E-state index < -0.39 is 0 Å². The van der Waals surface area contributed by atoms with Crippen LogP contribution in [0.5, 0.6) is 0 Å². The van der Waals surface area contributed by atoms with Crippen LogP contribution in [-0.4, -0.2) is 5.87 Å². The van der Waals surface area contributed by atoms with Gasteiger partial charge in [0.15, 0.2) is 0 Å². The minimum atomic E-state index is 0.404. The van der Waals surface area contributed by atoms with Crippen molar-refractivity contribution < 1.29 is 0 Å². The number of hydrogen-bond donors (Lipinski definition) is 0. The molecule has 0 rings (SSSR count). The Morgan fingerprint density at radius 2 is 2.09 bits per heavy atom. The molecule has 60 valence electrons. The van der Waals surface area contributed by atoms with Crippen molar-refractivity contribution in [1.29, 1.82) is 0 Å². The normalized spacial score (nSPS) is 11.1. The molecule has 0 aliphatic carbocycles. The standard InChI is InChI=1S/C10H15N/c1-6-11-10(9(4)5)7-8(2)3/h7,9H,1-2H2,3-5H3/b10-7-. The Kier molecular flexibility index (Phi) is 4.24. The predicted octanol–water partition coefficient (Wildman–Crippen LogP) is 2.96. The highest BCUT2D eigenvalue weighted by Crippen LogP contribution is 2.12. The number of allylic oxidation sites excluding steroid dienone is 3. The molecular weight excluding hydrogens is 134 g/mol. The molecule has 0 aliphatic rings. The molecule has 1 heteroatoms. The van der Waals surface area contributed by atoms with Gasteiger partial charge in [-0.05, 0) is 31.4 Å². The zero-order valence-electron chi connectivity index (χ0n) is 7.52. The van der Waals surface area contributed by atoms with E-state index >= 15 is 0 Å². The smallest absolute Gasteiger partial charge is 0.0531 e. The molecule has 0 aromatic rings. The maximum atomic E-state index is 4.00. The van der Waals surface area contributed by atoms with E-state index in [2.05, 4.69) is 37.9 Å². The van der Waals surface area contributed by atoms with E-state index in [0.717, 1.165) is 11.3 Å². The lowest BCUT2D eigenvalue weighted by molar-refractivity contribution is 0.758. The third-order valence-corrected chi connectivity index (χ3v) is 1.19. The summed E-state index contributed by atoms with van der Waals surface area (Å²) < 4.78 is 0. The molecule has 0 bridgehead atoms. The summed E-state index contributed by atoms with van der Waals surface area (Å²) >= 11 is 0. The number of aliphatic imine (C=N–C) groups is 1. The van der Waals surface area contributed by atoms with E-state index in [1.165, 1.54) is 0 Å². The Bertz CT molecular complexity index is 215. The lowest BCUT2D eigenvalue weighted by atomic mass is 10.1. The van der Waals surface area contributed by atoms with E-state index in [0.29, 0.717) is 5.92 Å². The molecule has 0 aliphatic heterocycles. The zero-order chi connectivity index (χ0) is 8.85. The summed E-state index contributed by atoms with van der Waals surface area (Å²) in [7, 11) is 0. The molecule has 0 aromatic carbocycles. The van der Waals surface area contributed by atoms with Gasteiger partial charge in [-0.25, -0.2) is 4.99 Å². The van der Waals surface area contributed by atoms with E-state index in [9.17, 15) is 0 Å². The van der Waals surface area contributed by atoms with Crippen LogP contribution in [0.1, 0.15) is 20.8 Å². The summed E-state index contributed by atoms with van der Waals surface area (Å²) in [5.74, 6) is 2.92. The molecule has 0 atom stereocenters. The van der Waals surface area contributed by atoms with Gasteiger partial charge in [0.1, 0.15) is 0 Å². The Morgan fingerprint density at radius 1 is 1.55 bits per heavy atom. The first-order chi connectivity index (χ1) is 5.07. The van der Waals surface area contributed by atoms with Crippen molar-refractivity contribution in [3.63, 3.8) is 0 Å². The highest BCUT2D eigenvalue weighted by atomic mass is 14.7. The maximum absolute atomic E-state index is 4.00. The summed E-state index contributed by atoms with van der Waals surface area (Å²) in [5.41, 5.74) is 1.99. The SMILES string of the molecule is C=C=N/C(=C\C(=C)C)C(C)C. The van der Waals surface area contributed by atoms with Crippen LogP contribution in [0.3, 0.4) is 0 Å². The molecule has 1 nitrogen and oxygen atoms in total. The average molecular weight is 149 g/mol. The van der Waals surface area contributed by atoms with Crippen molar-refractivity contribution in [3.05, 3.63) is 30.5 Å². The van der Waals surface area contributed by atoms with Crippen molar-refractivity contribution in [1.82, 2.24) is 0 Å². The van der Waals surface area contributed by atoms with Crippen LogP contribution in [-0.2, 0) is 0 Å². The molecular formula is C10H15N. The van der Waals surface area contributed by atoms with Crippen LogP contribution in [0.15, 0.2) is 35.5 Å². The van der Waals surface area contributed by atoms with E-state index in [1.54, 1.807) is 0 Å². The summed E-state index contributed by atoms with van der Waals surface area (Å²) in [6.07, 6.45) is 1.95. The lowest BCUT2D eigenvalue weighted by Gasteiger charge is -2.02. The van der Waals surface area contributed by atoms with Crippen molar-refractivity contribution in [3.8, 4) is 0 Å². The second-order valence-electron chi connectivity index (χ2n) is 2.84. The largest absolute Gasteiger partial charge is 0.211 e. The third kappa shape index (κ3) is 4.35. The molecule has 0 unspecified atom stereocenters. The molecule has 0 saturated carbocycles. The highest BCUT2D eigenvalue weighted by molar-refractivity contribution is 5.49. The van der Waals surface area contributed by atoms with Gasteiger partial charge in [-0.3, -0.25) is 0 Å². The Labute approximate surface area is 68.9 Å². The fraction of sp³-hybridized carbons (Fsp3) is 0.400. The van der Waals surface area contributed by atoms with Crippen molar-refractivity contribution in [2.45, 2.75) is 20.8 Å². The van der Waals surface area contributed by atoms with Crippen LogP contribution >= 0.6 is 0 Å². The summed E-state index contributed by atoms with van der Waals surface area (Å²) in [6.45, 7) is 13.3. The topological polar surface area (TPSA) is 12.4 Å². The number of rotatable bonds is 3. The molecule has 0 amide bonds. The quantitative estimate of drug-likeness (QED) is 0.432.